The van der Waals surface area contributed by atoms with Gasteiger partial charge in [-0.2, -0.15) is 0 Å². The van der Waals surface area contributed by atoms with Crippen molar-refractivity contribution in [1.29, 1.82) is 0 Å². The Kier molecular flexibility index (Phi) is 3.80. The van der Waals surface area contributed by atoms with E-state index < -0.39 is 0 Å². The van der Waals surface area contributed by atoms with Crippen LogP contribution in [0.5, 0.6) is 0 Å². The first kappa shape index (κ1) is 12.1. The zero-order chi connectivity index (χ0) is 11.5. The average Bonchev–Trinajstić information content (AvgIpc) is 2.15. The van der Waals surface area contributed by atoms with Crippen molar-refractivity contribution >= 4 is 17.7 Å². The molecule has 0 fully saturated rings. The molecular weight excluding hydrogens is 206 g/mol. The molecule has 0 aliphatic rings. The van der Waals surface area contributed by atoms with Gasteiger partial charge < -0.3 is 5.32 Å². The van der Waals surface area contributed by atoms with Gasteiger partial charge in [0.15, 0.2) is 0 Å². The molecule has 0 saturated carbocycles. The van der Waals surface area contributed by atoms with E-state index in [4.69, 9.17) is 0 Å². The molecule has 1 aromatic rings. The summed E-state index contributed by atoms with van der Waals surface area (Å²) in [4.78, 5) is 12.9. The SMILES string of the molecule is CSc1ccc(C(=O)NC(C)(C)C)cc1. The first-order chi connectivity index (χ1) is 6.92. The van der Waals surface area contributed by atoms with Crippen LogP contribution < -0.4 is 5.32 Å². The molecule has 0 bridgehead atoms. The molecule has 0 unspecified atom stereocenters. The van der Waals surface area contributed by atoms with Gasteiger partial charge in [0.25, 0.3) is 5.91 Å². The number of thioether (sulfide) groups is 1. The standard InChI is InChI=1S/C12H17NOS/c1-12(2,3)13-11(14)9-5-7-10(15-4)8-6-9/h5-8H,1-4H3,(H,13,14). The monoisotopic (exact) mass is 223 g/mol. The summed E-state index contributed by atoms with van der Waals surface area (Å²) in [5.74, 6) is -0.0184. The normalized spacial score (nSPS) is 11.2. The van der Waals surface area contributed by atoms with Gasteiger partial charge in [-0.1, -0.05) is 0 Å². The highest BCUT2D eigenvalue weighted by Gasteiger charge is 2.14. The number of benzene rings is 1. The number of nitrogens with one attached hydrogen (secondary N) is 1. The predicted molar refractivity (Wildman–Crippen MR) is 65.4 cm³/mol. The Labute approximate surface area is 95.5 Å². The van der Waals surface area contributed by atoms with Crippen molar-refractivity contribution in [2.75, 3.05) is 6.26 Å². The van der Waals surface area contributed by atoms with Gasteiger partial charge >= 0.3 is 0 Å². The lowest BCUT2D eigenvalue weighted by Crippen LogP contribution is -2.40. The molecular formula is C12H17NOS. The quantitative estimate of drug-likeness (QED) is 0.781. The molecule has 0 aliphatic carbocycles. The third-order valence-corrected chi connectivity index (χ3v) is 2.58. The van der Waals surface area contributed by atoms with Crippen molar-refractivity contribution in [3.63, 3.8) is 0 Å². The van der Waals surface area contributed by atoms with E-state index >= 15 is 0 Å². The van der Waals surface area contributed by atoms with Crippen molar-refractivity contribution in [1.82, 2.24) is 5.32 Å². The van der Waals surface area contributed by atoms with E-state index in [0.29, 0.717) is 5.56 Å². The van der Waals surface area contributed by atoms with Gasteiger partial charge in [-0.05, 0) is 51.3 Å². The predicted octanol–water partition coefficient (Wildman–Crippen LogP) is 2.94. The Morgan fingerprint density at radius 2 is 1.73 bits per heavy atom. The highest BCUT2D eigenvalue weighted by molar-refractivity contribution is 7.98. The maximum atomic E-state index is 11.7. The van der Waals surface area contributed by atoms with Crippen molar-refractivity contribution in [3.05, 3.63) is 29.8 Å². The number of hydrogen-bond donors (Lipinski definition) is 1. The number of hydrogen-bond acceptors (Lipinski definition) is 2. The van der Waals surface area contributed by atoms with Crippen LogP contribution in [0.1, 0.15) is 31.1 Å². The third-order valence-electron chi connectivity index (χ3n) is 1.84. The highest BCUT2D eigenvalue weighted by Crippen LogP contribution is 2.15. The zero-order valence-corrected chi connectivity index (χ0v) is 10.4. The van der Waals surface area contributed by atoms with Gasteiger partial charge in [0.1, 0.15) is 0 Å². The largest absolute Gasteiger partial charge is 0.347 e. The molecule has 15 heavy (non-hydrogen) atoms. The van der Waals surface area contributed by atoms with Gasteiger partial charge in [0.05, 0.1) is 0 Å². The maximum absolute atomic E-state index is 11.7. The molecule has 0 radical (unpaired) electrons. The molecule has 0 saturated heterocycles. The van der Waals surface area contributed by atoms with Crippen LogP contribution in [0.15, 0.2) is 29.2 Å². The average molecular weight is 223 g/mol. The first-order valence-electron chi connectivity index (χ1n) is 4.89. The van der Waals surface area contributed by atoms with E-state index in [1.807, 2.05) is 51.3 Å². The summed E-state index contributed by atoms with van der Waals surface area (Å²) in [5.41, 5.74) is 0.526. The van der Waals surface area contributed by atoms with E-state index in [1.165, 1.54) is 4.90 Å². The number of carbonyl (C=O) groups excluding carboxylic acids is 1. The first-order valence-corrected chi connectivity index (χ1v) is 6.11. The lowest BCUT2D eigenvalue weighted by atomic mass is 10.1. The molecule has 1 amide bonds. The van der Waals surface area contributed by atoms with Crippen LogP contribution in [-0.4, -0.2) is 17.7 Å². The van der Waals surface area contributed by atoms with Crippen LogP contribution in [-0.2, 0) is 0 Å². The van der Waals surface area contributed by atoms with E-state index in [2.05, 4.69) is 5.32 Å². The summed E-state index contributed by atoms with van der Waals surface area (Å²) in [6.07, 6.45) is 2.02. The minimum absolute atomic E-state index is 0.0184. The molecule has 0 atom stereocenters. The molecule has 0 aromatic heterocycles. The molecule has 0 spiro atoms. The van der Waals surface area contributed by atoms with Crippen molar-refractivity contribution in [2.24, 2.45) is 0 Å². The van der Waals surface area contributed by atoms with Crippen molar-refractivity contribution in [3.8, 4) is 0 Å². The van der Waals surface area contributed by atoms with Gasteiger partial charge in [-0.3, -0.25) is 4.79 Å². The highest BCUT2D eigenvalue weighted by atomic mass is 32.2. The van der Waals surface area contributed by atoms with Gasteiger partial charge in [0.2, 0.25) is 0 Å². The third kappa shape index (κ3) is 3.96. The van der Waals surface area contributed by atoms with Gasteiger partial charge in [-0.15, -0.1) is 11.8 Å². The molecule has 1 N–H and O–H groups in total. The molecule has 2 nitrogen and oxygen atoms in total. The van der Waals surface area contributed by atoms with E-state index in [9.17, 15) is 4.79 Å². The number of carbonyl (C=O) groups is 1. The minimum Gasteiger partial charge on any atom is -0.347 e. The Morgan fingerprint density at radius 1 is 1.20 bits per heavy atom. The van der Waals surface area contributed by atoms with E-state index in [0.717, 1.165) is 0 Å². The summed E-state index contributed by atoms with van der Waals surface area (Å²) in [6, 6.07) is 7.63. The number of amides is 1. The van der Waals surface area contributed by atoms with E-state index in [-0.39, 0.29) is 11.4 Å². The fourth-order valence-electron chi connectivity index (χ4n) is 1.16. The fraction of sp³-hybridized carbons (Fsp3) is 0.417. The second kappa shape index (κ2) is 4.71. The lowest BCUT2D eigenvalue weighted by Gasteiger charge is -2.20. The summed E-state index contributed by atoms with van der Waals surface area (Å²) >= 11 is 1.67. The summed E-state index contributed by atoms with van der Waals surface area (Å²) in [5, 5.41) is 2.93. The Balaban J connectivity index is 2.75. The summed E-state index contributed by atoms with van der Waals surface area (Å²) in [6.45, 7) is 5.92. The molecule has 82 valence electrons. The Bertz CT molecular complexity index is 338. The van der Waals surface area contributed by atoms with Crippen molar-refractivity contribution < 1.29 is 4.79 Å². The Hall–Kier alpha value is -0.960. The second-order valence-corrected chi connectivity index (χ2v) is 5.31. The van der Waals surface area contributed by atoms with E-state index in [1.54, 1.807) is 11.8 Å². The molecule has 3 heteroatoms. The van der Waals surface area contributed by atoms with Gasteiger partial charge in [0, 0.05) is 16.0 Å². The zero-order valence-electron chi connectivity index (χ0n) is 9.63. The maximum Gasteiger partial charge on any atom is 0.251 e. The topological polar surface area (TPSA) is 29.1 Å². The van der Waals surface area contributed by atoms with Crippen LogP contribution in [0.3, 0.4) is 0 Å². The molecule has 1 aromatic carbocycles. The molecule has 0 heterocycles. The summed E-state index contributed by atoms with van der Waals surface area (Å²) < 4.78 is 0. The molecule has 1 rings (SSSR count). The van der Waals surface area contributed by atoms with Crippen molar-refractivity contribution in [2.45, 2.75) is 31.2 Å². The minimum atomic E-state index is -0.185. The van der Waals surface area contributed by atoms with Gasteiger partial charge in [-0.25, -0.2) is 0 Å². The summed E-state index contributed by atoms with van der Waals surface area (Å²) in [7, 11) is 0. The fourth-order valence-corrected chi connectivity index (χ4v) is 1.56. The van der Waals surface area contributed by atoms with Crippen LogP contribution in [0.4, 0.5) is 0 Å². The van der Waals surface area contributed by atoms with Crippen LogP contribution in [0.2, 0.25) is 0 Å². The Morgan fingerprint density at radius 3 is 2.13 bits per heavy atom. The van der Waals surface area contributed by atoms with Crippen LogP contribution in [0.25, 0.3) is 0 Å². The lowest BCUT2D eigenvalue weighted by molar-refractivity contribution is 0.0919. The second-order valence-electron chi connectivity index (χ2n) is 4.43. The van der Waals surface area contributed by atoms with Crippen LogP contribution >= 0.6 is 11.8 Å². The number of rotatable bonds is 2. The van der Waals surface area contributed by atoms with Crippen LogP contribution in [0, 0.1) is 0 Å². The smallest absolute Gasteiger partial charge is 0.251 e. The molecule has 0 aliphatic heterocycles.